The molecule has 3 aromatic rings. The van der Waals surface area contributed by atoms with Gasteiger partial charge in [0.15, 0.2) is 0 Å². The van der Waals surface area contributed by atoms with E-state index in [0.717, 1.165) is 42.4 Å². The number of hydrogen-bond donors (Lipinski definition) is 2. The van der Waals surface area contributed by atoms with Crippen LogP contribution >= 0.6 is 0 Å². The third-order valence-corrected chi connectivity index (χ3v) is 9.06. The number of nitrogens with zero attached hydrogens (tertiary/aromatic N) is 3. The normalized spacial score (nSPS) is 20.8. The number of aliphatic carboxylic acids is 1. The number of nitrogens with one attached hydrogen (secondary N) is 1. The van der Waals surface area contributed by atoms with Crippen LogP contribution in [0.4, 0.5) is 4.39 Å². The van der Waals surface area contributed by atoms with Crippen LogP contribution < -0.4 is 5.32 Å². The number of hydrogen-bond acceptors (Lipinski definition) is 5. The molecule has 1 saturated carbocycles. The number of amides is 2. The highest BCUT2D eigenvalue weighted by Crippen LogP contribution is 2.49. The van der Waals surface area contributed by atoms with E-state index in [2.05, 4.69) is 31.1 Å². The number of carbonyl (C=O) groups excluding carboxylic acids is 2. The van der Waals surface area contributed by atoms with Gasteiger partial charge in [0.2, 0.25) is 5.95 Å². The van der Waals surface area contributed by atoms with Crippen LogP contribution in [0.3, 0.4) is 0 Å². The first-order valence-corrected chi connectivity index (χ1v) is 15.1. The molecule has 1 atom stereocenters. The zero-order valence-corrected chi connectivity index (χ0v) is 25.6. The molecule has 8 nitrogen and oxygen atoms in total. The topological polar surface area (TPSA) is 112 Å². The third kappa shape index (κ3) is 6.42. The smallest absolute Gasteiger partial charge is 0.305 e. The van der Waals surface area contributed by atoms with Crippen LogP contribution in [0.1, 0.15) is 87.3 Å². The number of carboxylic acid groups (broad SMARTS) is 1. The molecule has 0 bridgehead atoms. The first-order valence-electron chi connectivity index (χ1n) is 15.1. The van der Waals surface area contributed by atoms with Gasteiger partial charge in [0.1, 0.15) is 11.4 Å². The van der Waals surface area contributed by atoms with Crippen LogP contribution in [0.15, 0.2) is 71.9 Å². The molecule has 0 saturated heterocycles. The van der Waals surface area contributed by atoms with Gasteiger partial charge in [0.25, 0.3) is 11.8 Å². The lowest BCUT2D eigenvalue weighted by Gasteiger charge is -2.46. The van der Waals surface area contributed by atoms with Gasteiger partial charge < -0.3 is 15.3 Å². The third-order valence-electron chi connectivity index (χ3n) is 9.06. The van der Waals surface area contributed by atoms with Crippen molar-refractivity contribution in [3.8, 4) is 11.1 Å². The van der Waals surface area contributed by atoms with E-state index in [9.17, 15) is 18.8 Å². The summed E-state index contributed by atoms with van der Waals surface area (Å²) in [7, 11) is 0. The maximum absolute atomic E-state index is 14.3. The largest absolute Gasteiger partial charge is 0.481 e. The van der Waals surface area contributed by atoms with E-state index in [-0.39, 0.29) is 36.2 Å². The first kappa shape index (κ1) is 31.0. The SMILES string of the molecule is C[C@H](c1ccc(C(=O)NCCC(=O)O)cc1)N1C(=O)C(c2cccc(-c3ccc(F)nc3)c2)=NC12CCC(C(C)(C)C)CC2. The molecule has 2 amide bonds. The van der Waals surface area contributed by atoms with E-state index in [1.54, 1.807) is 18.2 Å². The fraction of sp³-hybridized carbons (Fsp3) is 0.400. The summed E-state index contributed by atoms with van der Waals surface area (Å²) in [5.74, 6) is -1.49. The highest BCUT2D eigenvalue weighted by Gasteiger charge is 2.52. The van der Waals surface area contributed by atoms with Gasteiger partial charge in [-0.1, -0.05) is 51.1 Å². The summed E-state index contributed by atoms with van der Waals surface area (Å²) < 4.78 is 13.5. The maximum atomic E-state index is 14.3. The standard InChI is InChI=1S/C35H39FN4O4/c1-22(23-8-10-24(11-9-23)32(43)37-19-16-30(41)42)40-33(44)31(39-35(40)17-14-28(15-18-35)34(2,3)4)26-7-5-6-25(20-26)27-12-13-29(36)38-21-27/h5-13,20-22,28H,14-19H2,1-4H3,(H,37,43)(H,41,42)/t22-,28?,35?/m1/s1. The Balaban J connectivity index is 1.45. The van der Waals surface area contributed by atoms with Gasteiger partial charge in [-0.25, -0.2) is 4.98 Å². The summed E-state index contributed by atoms with van der Waals surface area (Å²) in [6.45, 7) is 8.83. The van der Waals surface area contributed by atoms with E-state index in [4.69, 9.17) is 10.1 Å². The maximum Gasteiger partial charge on any atom is 0.305 e. The molecule has 2 aliphatic rings. The molecule has 2 N–H and O–H groups in total. The van der Waals surface area contributed by atoms with Gasteiger partial charge in [0, 0.05) is 29.4 Å². The second-order valence-corrected chi connectivity index (χ2v) is 12.9. The average molecular weight is 599 g/mol. The first-order chi connectivity index (χ1) is 20.9. The number of benzene rings is 2. The molecular formula is C35H39FN4O4. The van der Waals surface area contributed by atoms with Crippen LogP contribution in [0.5, 0.6) is 0 Å². The predicted octanol–water partition coefficient (Wildman–Crippen LogP) is 6.42. The Morgan fingerprint density at radius 2 is 1.73 bits per heavy atom. The number of halogens is 1. The van der Waals surface area contributed by atoms with E-state index >= 15 is 0 Å². The van der Waals surface area contributed by atoms with Crippen LogP contribution in [-0.4, -0.2) is 50.7 Å². The molecule has 1 aromatic heterocycles. The van der Waals surface area contributed by atoms with Gasteiger partial charge >= 0.3 is 5.97 Å². The highest BCUT2D eigenvalue weighted by molar-refractivity contribution is 6.47. The lowest BCUT2D eigenvalue weighted by Crippen LogP contribution is -2.50. The summed E-state index contributed by atoms with van der Waals surface area (Å²) in [4.78, 5) is 48.6. The van der Waals surface area contributed by atoms with Gasteiger partial charge in [-0.2, -0.15) is 4.39 Å². The minimum absolute atomic E-state index is 0.0473. The summed E-state index contributed by atoms with van der Waals surface area (Å²) in [6, 6.07) is 17.3. The summed E-state index contributed by atoms with van der Waals surface area (Å²) in [5.41, 5.74) is 3.45. The lowest BCUT2D eigenvalue weighted by molar-refractivity contribution is -0.137. The Morgan fingerprint density at radius 1 is 1.05 bits per heavy atom. The van der Waals surface area contributed by atoms with Gasteiger partial charge in [0.05, 0.1) is 12.5 Å². The molecule has 2 heterocycles. The number of aliphatic imine (C=N–C) groups is 1. The van der Waals surface area contributed by atoms with Crippen molar-refractivity contribution < 1.29 is 23.9 Å². The molecule has 0 radical (unpaired) electrons. The van der Waals surface area contributed by atoms with Crippen molar-refractivity contribution in [3.05, 3.63) is 89.5 Å². The minimum Gasteiger partial charge on any atom is -0.481 e. The van der Waals surface area contributed by atoms with E-state index in [1.807, 2.05) is 48.2 Å². The number of rotatable bonds is 8. The van der Waals surface area contributed by atoms with Crippen molar-refractivity contribution in [3.63, 3.8) is 0 Å². The van der Waals surface area contributed by atoms with Crippen molar-refractivity contribution in [2.24, 2.45) is 16.3 Å². The van der Waals surface area contributed by atoms with Crippen molar-refractivity contribution in [1.29, 1.82) is 0 Å². The van der Waals surface area contributed by atoms with Gasteiger partial charge in [-0.05, 0) is 85.4 Å². The Bertz CT molecular complexity index is 1570. The number of aromatic nitrogens is 1. The lowest BCUT2D eigenvalue weighted by atomic mass is 9.69. The van der Waals surface area contributed by atoms with E-state index < -0.39 is 17.6 Å². The zero-order valence-electron chi connectivity index (χ0n) is 25.6. The fourth-order valence-corrected chi connectivity index (χ4v) is 6.48. The molecule has 44 heavy (non-hydrogen) atoms. The van der Waals surface area contributed by atoms with Crippen LogP contribution in [0, 0.1) is 17.3 Å². The van der Waals surface area contributed by atoms with E-state index in [0.29, 0.717) is 22.8 Å². The van der Waals surface area contributed by atoms with Crippen LogP contribution in [0.25, 0.3) is 11.1 Å². The molecular weight excluding hydrogens is 559 g/mol. The summed E-state index contributed by atoms with van der Waals surface area (Å²) >= 11 is 0. The molecule has 2 aromatic carbocycles. The Hall–Kier alpha value is -4.40. The Kier molecular flexibility index (Phi) is 8.68. The fourth-order valence-electron chi connectivity index (χ4n) is 6.48. The molecule has 5 rings (SSSR count). The highest BCUT2D eigenvalue weighted by atomic mass is 19.1. The van der Waals surface area contributed by atoms with E-state index in [1.165, 1.54) is 12.3 Å². The van der Waals surface area contributed by atoms with Gasteiger partial charge in [-0.3, -0.25) is 19.4 Å². The van der Waals surface area contributed by atoms with Crippen molar-refractivity contribution >= 4 is 23.5 Å². The van der Waals surface area contributed by atoms with Crippen molar-refractivity contribution in [1.82, 2.24) is 15.2 Å². The number of carbonyl (C=O) groups is 3. The molecule has 1 aliphatic carbocycles. The summed E-state index contributed by atoms with van der Waals surface area (Å²) in [6.07, 6.45) is 4.73. The quantitative estimate of drug-likeness (QED) is 0.291. The Labute approximate surface area is 257 Å². The van der Waals surface area contributed by atoms with Crippen LogP contribution in [-0.2, 0) is 9.59 Å². The molecule has 1 aliphatic heterocycles. The second-order valence-electron chi connectivity index (χ2n) is 12.9. The van der Waals surface area contributed by atoms with Crippen molar-refractivity contribution in [2.75, 3.05) is 6.54 Å². The Morgan fingerprint density at radius 3 is 2.34 bits per heavy atom. The second kappa shape index (κ2) is 12.3. The van der Waals surface area contributed by atoms with Crippen LogP contribution in [0.2, 0.25) is 0 Å². The minimum atomic E-state index is -0.976. The average Bonchev–Trinajstić information content (AvgIpc) is 3.27. The van der Waals surface area contributed by atoms with Gasteiger partial charge in [-0.15, -0.1) is 0 Å². The molecule has 1 spiro atoms. The molecule has 9 heteroatoms. The molecule has 1 fully saturated rings. The monoisotopic (exact) mass is 598 g/mol. The number of pyridine rings is 1. The zero-order chi connectivity index (χ0) is 31.6. The summed E-state index contributed by atoms with van der Waals surface area (Å²) in [5, 5.41) is 11.5. The van der Waals surface area contributed by atoms with Crippen molar-refractivity contribution in [2.45, 2.75) is 71.5 Å². The number of carboxylic acids is 1. The molecule has 0 unspecified atom stereocenters. The molecule has 230 valence electrons. The predicted molar refractivity (Wildman–Crippen MR) is 167 cm³/mol.